The Morgan fingerprint density at radius 2 is 1.64 bits per heavy atom. The third-order valence-corrected chi connectivity index (χ3v) is 10.2. The molecule has 1 aromatic carbocycles. The molecule has 0 aliphatic heterocycles. The first kappa shape index (κ1) is 25.0. The van der Waals surface area contributed by atoms with E-state index in [0.29, 0.717) is 19.4 Å². The first-order valence-electron chi connectivity index (χ1n) is 10.6. The molecule has 0 bridgehead atoms. The molecule has 0 aliphatic carbocycles. The number of hydrogen-bond donors (Lipinski definition) is 1. The van der Waals surface area contributed by atoms with Crippen LogP contribution in [0.5, 0.6) is 0 Å². The van der Waals surface area contributed by atoms with E-state index in [9.17, 15) is 9.90 Å². The Labute approximate surface area is 172 Å². The molecule has 0 heterocycles. The third kappa shape index (κ3) is 9.46. The Kier molecular flexibility index (Phi) is 11.2. The number of carbonyl (C=O) groups excluding carboxylic acids is 1. The van der Waals surface area contributed by atoms with Gasteiger partial charge >= 0.3 is 0 Å². The molecule has 1 aromatic rings. The van der Waals surface area contributed by atoms with Gasteiger partial charge in [0.1, 0.15) is 6.29 Å². The van der Waals surface area contributed by atoms with Crippen LogP contribution in [0.3, 0.4) is 0 Å². The van der Waals surface area contributed by atoms with Crippen LogP contribution in [0.15, 0.2) is 30.3 Å². The van der Waals surface area contributed by atoms with Crippen LogP contribution in [0, 0.1) is 0 Å². The highest BCUT2D eigenvalue weighted by Gasteiger charge is 2.38. The molecule has 0 saturated heterocycles. The van der Waals surface area contributed by atoms with Crippen LogP contribution in [-0.4, -0.2) is 38.5 Å². The Balaban J connectivity index is 2.43. The number of ether oxygens (including phenoxy) is 1. The summed E-state index contributed by atoms with van der Waals surface area (Å²) in [5.74, 6) is 0. The van der Waals surface area contributed by atoms with Crippen LogP contribution in [0.4, 0.5) is 0 Å². The van der Waals surface area contributed by atoms with Crippen molar-refractivity contribution in [1.82, 2.24) is 0 Å². The van der Waals surface area contributed by atoms with Crippen LogP contribution < -0.4 is 0 Å². The largest absolute Gasteiger partial charge is 0.414 e. The van der Waals surface area contributed by atoms with E-state index in [4.69, 9.17) is 9.16 Å². The predicted octanol–water partition coefficient (Wildman–Crippen LogP) is 5.49. The molecule has 0 amide bonds. The molecule has 5 heteroatoms. The van der Waals surface area contributed by atoms with Crippen molar-refractivity contribution in [3.8, 4) is 0 Å². The van der Waals surface area contributed by atoms with Crippen molar-refractivity contribution in [3.05, 3.63) is 35.9 Å². The summed E-state index contributed by atoms with van der Waals surface area (Å²) in [7, 11) is -1.87. The molecule has 0 spiro atoms. The molecule has 160 valence electrons. The Bertz CT molecular complexity index is 539. The number of rotatable bonds is 14. The van der Waals surface area contributed by atoms with Crippen molar-refractivity contribution in [2.24, 2.45) is 0 Å². The molecule has 1 N–H and O–H groups in total. The number of carbonyl (C=O) groups is 1. The van der Waals surface area contributed by atoms with Crippen LogP contribution >= 0.6 is 0 Å². The normalized spacial score (nSPS) is 14.6. The Morgan fingerprint density at radius 3 is 2.18 bits per heavy atom. The molecule has 0 fully saturated rings. The minimum Gasteiger partial charge on any atom is -0.414 e. The zero-order valence-electron chi connectivity index (χ0n) is 18.4. The van der Waals surface area contributed by atoms with Gasteiger partial charge in [-0.2, -0.15) is 0 Å². The van der Waals surface area contributed by atoms with Gasteiger partial charge in [-0.3, -0.25) is 0 Å². The smallest absolute Gasteiger partial charge is 0.192 e. The molecule has 4 nitrogen and oxygen atoms in total. The highest BCUT2D eigenvalue weighted by molar-refractivity contribution is 6.74. The molecule has 0 saturated carbocycles. The summed E-state index contributed by atoms with van der Waals surface area (Å²) in [5, 5.41) is 9.46. The van der Waals surface area contributed by atoms with Crippen molar-refractivity contribution >= 4 is 14.6 Å². The predicted molar refractivity (Wildman–Crippen MR) is 118 cm³/mol. The van der Waals surface area contributed by atoms with Crippen LogP contribution in [0.2, 0.25) is 18.1 Å². The van der Waals surface area contributed by atoms with E-state index >= 15 is 0 Å². The zero-order valence-corrected chi connectivity index (χ0v) is 19.4. The number of hydrogen-bond acceptors (Lipinski definition) is 4. The molecule has 0 unspecified atom stereocenters. The fourth-order valence-electron chi connectivity index (χ4n) is 2.91. The number of aliphatic hydroxyl groups is 1. The van der Waals surface area contributed by atoms with Crippen LogP contribution in [0.1, 0.15) is 64.9 Å². The maximum atomic E-state index is 11.1. The van der Waals surface area contributed by atoms with Gasteiger partial charge in [-0.1, -0.05) is 63.9 Å². The quantitative estimate of drug-likeness (QED) is 0.251. The molecule has 2 atom stereocenters. The second-order valence-corrected chi connectivity index (χ2v) is 13.9. The summed E-state index contributed by atoms with van der Waals surface area (Å²) in [6.07, 6.45) is 6.02. The number of aldehydes is 1. The minimum atomic E-state index is -1.87. The number of aliphatic hydroxyl groups excluding tert-OH is 1. The van der Waals surface area contributed by atoms with E-state index in [-0.39, 0.29) is 23.9 Å². The highest BCUT2D eigenvalue weighted by atomic mass is 28.4. The van der Waals surface area contributed by atoms with E-state index in [1.165, 1.54) is 0 Å². The van der Waals surface area contributed by atoms with Crippen molar-refractivity contribution in [1.29, 1.82) is 0 Å². The van der Waals surface area contributed by atoms with E-state index in [1.54, 1.807) is 0 Å². The van der Waals surface area contributed by atoms with Gasteiger partial charge in [0.05, 0.1) is 18.8 Å². The molecular formula is C23H40O4Si. The van der Waals surface area contributed by atoms with Gasteiger partial charge < -0.3 is 19.1 Å². The van der Waals surface area contributed by atoms with Gasteiger partial charge in [0, 0.05) is 13.0 Å². The number of unbranched alkanes of at least 4 members (excludes halogenated alkanes) is 1. The summed E-state index contributed by atoms with van der Waals surface area (Å²) in [5.41, 5.74) is 1.15. The highest BCUT2D eigenvalue weighted by Crippen LogP contribution is 2.38. The minimum absolute atomic E-state index is 0.0138. The van der Waals surface area contributed by atoms with Gasteiger partial charge in [0.15, 0.2) is 8.32 Å². The SMILES string of the molecule is CC(C)(C)[Si](C)(C)O[C@H](CC=O)CCCC[C@H](CCO)OCc1ccccc1. The first-order chi connectivity index (χ1) is 13.2. The third-order valence-electron chi connectivity index (χ3n) is 5.71. The van der Waals surface area contributed by atoms with Crippen molar-refractivity contribution in [2.75, 3.05) is 6.61 Å². The van der Waals surface area contributed by atoms with E-state index in [2.05, 4.69) is 46.0 Å². The van der Waals surface area contributed by atoms with E-state index in [1.807, 2.05) is 18.2 Å². The lowest BCUT2D eigenvalue weighted by molar-refractivity contribution is -0.109. The summed E-state index contributed by atoms with van der Waals surface area (Å²) in [6, 6.07) is 10.1. The summed E-state index contributed by atoms with van der Waals surface area (Å²) >= 11 is 0. The fraction of sp³-hybridized carbons (Fsp3) is 0.696. The van der Waals surface area contributed by atoms with Gasteiger partial charge in [-0.25, -0.2) is 0 Å². The molecule has 28 heavy (non-hydrogen) atoms. The molecular weight excluding hydrogens is 368 g/mol. The Hall–Kier alpha value is -1.01. The van der Waals surface area contributed by atoms with E-state index < -0.39 is 8.32 Å². The average Bonchev–Trinajstić information content (AvgIpc) is 2.63. The maximum absolute atomic E-state index is 11.1. The van der Waals surface area contributed by atoms with Crippen LogP contribution in [-0.2, 0) is 20.6 Å². The van der Waals surface area contributed by atoms with Gasteiger partial charge in [0.2, 0.25) is 0 Å². The molecule has 0 aromatic heterocycles. The van der Waals surface area contributed by atoms with Gasteiger partial charge in [0.25, 0.3) is 0 Å². The summed E-state index contributed by atoms with van der Waals surface area (Å²) in [6.45, 7) is 11.9. The number of benzene rings is 1. The zero-order chi connectivity index (χ0) is 21.0. The average molecular weight is 409 g/mol. The monoisotopic (exact) mass is 408 g/mol. The molecule has 0 aliphatic rings. The fourth-order valence-corrected chi connectivity index (χ4v) is 4.31. The summed E-state index contributed by atoms with van der Waals surface area (Å²) in [4.78, 5) is 11.1. The lowest BCUT2D eigenvalue weighted by atomic mass is 10.0. The molecule has 0 radical (unpaired) electrons. The summed E-state index contributed by atoms with van der Waals surface area (Å²) < 4.78 is 12.4. The van der Waals surface area contributed by atoms with Gasteiger partial charge in [-0.05, 0) is 43.0 Å². The second-order valence-electron chi connectivity index (χ2n) is 9.12. The second kappa shape index (κ2) is 12.5. The van der Waals surface area contributed by atoms with Crippen molar-refractivity contribution in [3.63, 3.8) is 0 Å². The van der Waals surface area contributed by atoms with Crippen LogP contribution in [0.25, 0.3) is 0 Å². The van der Waals surface area contributed by atoms with Crippen molar-refractivity contribution in [2.45, 2.75) is 96.2 Å². The molecule has 1 rings (SSSR count). The lowest BCUT2D eigenvalue weighted by Crippen LogP contribution is -2.44. The topological polar surface area (TPSA) is 55.8 Å². The standard InChI is InChI=1S/C23H40O4Si/c1-23(2,3)28(4,5)27-22(16-18-25)14-10-9-13-21(15-17-24)26-19-20-11-7-6-8-12-20/h6-8,11-12,18,21-22,24H,9-10,13-17,19H2,1-5H3/t21-,22+/m1/s1. The first-order valence-corrected chi connectivity index (χ1v) is 13.5. The Morgan fingerprint density at radius 1 is 1.04 bits per heavy atom. The lowest BCUT2D eigenvalue weighted by Gasteiger charge is -2.39. The maximum Gasteiger partial charge on any atom is 0.192 e. The van der Waals surface area contributed by atoms with Gasteiger partial charge in [-0.15, -0.1) is 0 Å². The van der Waals surface area contributed by atoms with E-state index in [0.717, 1.165) is 37.5 Å². The van der Waals surface area contributed by atoms with Crippen molar-refractivity contribution < 1.29 is 19.1 Å².